The maximum atomic E-state index is 12.0. The van der Waals surface area contributed by atoms with Gasteiger partial charge >= 0.3 is 0 Å². The molecular weight excluding hydrogens is 254 g/mol. The van der Waals surface area contributed by atoms with Crippen LogP contribution in [-0.4, -0.2) is 29.4 Å². The van der Waals surface area contributed by atoms with Gasteiger partial charge in [0.15, 0.2) is 0 Å². The third-order valence-corrected chi connectivity index (χ3v) is 2.97. The minimum absolute atomic E-state index is 0.0669. The van der Waals surface area contributed by atoms with Gasteiger partial charge in [0.25, 0.3) is 0 Å². The number of aryl methyl sites for hydroxylation is 1. The van der Waals surface area contributed by atoms with Crippen LogP contribution in [0.1, 0.15) is 32.8 Å². The van der Waals surface area contributed by atoms with Crippen molar-refractivity contribution >= 4 is 11.8 Å². The summed E-state index contributed by atoms with van der Waals surface area (Å²) in [5.74, 6) is -0.243. The van der Waals surface area contributed by atoms with Crippen LogP contribution in [0.15, 0.2) is 24.5 Å². The normalized spacial score (nSPS) is 12.0. The van der Waals surface area contributed by atoms with Crippen molar-refractivity contribution in [3.8, 4) is 0 Å². The van der Waals surface area contributed by atoms with E-state index in [4.69, 9.17) is 0 Å². The predicted octanol–water partition coefficient (Wildman–Crippen LogP) is 1.29. The monoisotopic (exact) mass is 277 g/mol. The van der Waals surface area contributed by atoms with Gasteiger partial charge in [-0.3, -0.25) is 14.6 Å². The van der Waals surface area contributed by atoms with Crippen LogP contribution in [0.25, 0.3) is 0 Å². The average molecular weight is 277 g/mol. The number of pyridine rings is 1. The minimum Gasteiger partial charge on any atom is -0.354 e. The van der Waals surface area contributed by atoms with Gasteiger partial charge in [-0.15, -0.1) is 0 Å². The second-order valence-electron chi connectivity index (χ2n) is 5.18. The van der Waals surface area contributed by atoms with E-state index in [0.29, 0.717) is 6.54 Å². The molecule has 2 N–H and O–H groups in total. The Balaban J connectivity index is 2.32. The Hall–Kier alpha value is -1.91. The van der Waals surface area contributed by atoms with E-state index in [1.165, 1.54) is 6.92 Å². The van der Waals surface area contributed by atoms with Crippen LogP contribution < -0.4 is 10.6 Å². The number of nitrogens with one attached hydrogen (secondary N) is 2. The Labute approximate surface area is 120 Å². The molecule has 0 bridgehead atoms. The van der Waals surface area contributed by atoms with Gasteiger partial charge < -0.3 is 10.6 Å². The maximum Gasteiger partial charge on any atom is 0.242 e. The highest BCUT2D eigenvalue weighted by molar-refractivity contribution is 5.86. The van der Waals surface area contributed by atoms with E-state index < -0.39 is 6.04 Å². The first-order valence-electron chi connectivity index (χ1n) is 6.94. The third-order valence-electron chi connectivity index (χ3n) is 2.97. The van der Waals surface area contributed by atoms with Crippen molar-refractivity contribution in [3.05, 3.63) is 30.1 Å². The van der Waals surface area contributed by atoms with E-state index in [-0.39, 0.29) is 17.7 Å². The fourth-order valence-electron chi connectivity index (χ4n) is 1.91. The molecule has 1 unspecified atom stereocenters. The number of carbonyl (C=O) groups is 2. The number of hydrogen-bond acceptors (Lipinski definition) is 3. The summed E-state index contributed by atoms with van der Waals surface area (Å²) >= 11 is 0. The second-order valence-corrected chi connectivity index (χ2v) is 5.18. The van der Waals surface area contributed by atoms with E-state index in [2.05, 4.69) is 15.6 Å². The van der Waals surface area contributed by atoms with Crippen molar-refractivity contribution < 1.29 is 9.59 Å². The van der Waals surface area contributed by atoms with E-state index in [9.17, 15) is 9.59 Å². The molecular formula is C15H23N3O2. The molecule has 0 saturated carbocycles. The lowest BCUT2D eigenvalue weighted by atomic mass is 10.0. The summed E-state index contributed by atoms with van der Waals surface area (Å²) in [7, 11) is 0. The van der Waals surface area contributed by atoms with Crippen LogP contribution >= 0.6 is 0 Å². The van der Waals surface area contributed by atoms with E-state index >= 15 is 0 Å². The average Bonchev–Trinajstić information content (AvgIpc) is 2.41. The Morgan fingerprint density at radius 2 is 2.10 bits per heavy atom. The van der Waals surface area contributed by atoms with Gasteiger partial charge in [-0.2, -0.15) is 0 Å². The molecule has 1 aromatic rings. The Bertz CT molecular complexity index is 432. The van der Waals surface area contributed by atoms with Crippen molar-refractivity contribution in [3.63, 3.8) is 0 Å². The summed E-state index contributed by atoms with van der Waals surface area (Å²) in [4.78, 5) is 27.1. The molecule has 110 valence electrons. The van der Waals surface area contributed by atoms with E-state index in [0.717, 1.165) is 18.4 Å². The number of nitrogens with zero attached hydrogens (tertiary/aromatic N) is 1. The number of carbonyl (C=O) groups excluding carboxylic acids is 2. The predicted molar refractivity (Wildman–Crippen MR) is 78.0 cm³/mol. The lowest BCUT2D eigenvalue weighted by Crippen LogP contribution is -2.49. The number of hydrogen-bond donors (Lipinski definition) is 2. The molecule has 0 aliphatic rings. The quantitative estimate of drug-likeness (QED) is 0.738. The third kappa shape index (κ3) is 5.82. The first-order chi connectivity index (χ1) is 9.50. The summed E-state index contributed by atoms with van der Waals surface area (Å²) < 4.78 is 0. The van der Waals surface area contributed by atoms with Crippen LogP contribution in [0.5, 0.6) is 0 Å². The van der Waals surface area contributed by atoms with Crippen LogP contribution in [0, 0.1) is 5.92 Å². The van der Waals surface area contributed by atoms with Crippen molar-refractivity contribution in [2.75, 3.05) is 6.54 Å². The topological polar surface area (TPSA) is 71.1 Å². The zero-order valence-corrected chi connectivity index (χ0v) is 12.3. The molecule has 0 aliphatic carbocycles. The Kier molecular flexibility index (Phi) is 6.70. The van der Waals surface area contributed by atoms with Crippen molar-refractivity contribution in [1.29, 1.82) is 0 Å². The molecule has 0 aliphatic heterocycles. The lowest BCUT2D eigenvalue weighted by Gasteiger charge is -2.20. The minimum atomic E-state index is -0.467. The van der Waals surface area contributed by atoms with Crippen LogP contribution in [0.4, 0.5) is 0 Å². The van der Waals surface area contributed by atoms with Gasteiger partial charge in [0.05, 0.1) is 0 Å². The highest BCUT2D eigenvalue weighted by Crippen LogP contribution is 2.03. The van der Waals surface area contributed by atoms with Crippen molar-refractivity contribution in [2.24, 2.45) is 5.92 Å². The van der Waals surface area contributed by atoms with E-state index in [1.54, 1.807) is 6.20 Å². The van der Waals surface area contributed by atoms with E-state index in [1.807, 2.05) is 32.2 Å². The Morgan fingerprint density at radius 1 is 1.35 bits per heavy atom. The smallest absolute Gasteiger partial charge is 0.242 e. The maximum absolute atomic E-state index is 12.0. The first kappa shape index (κ1) is 16.1. The summed E-state index contributed by atoms with van der Waals surface area (Å²) in [5.41, 5.74) is 1.16. The van der Waals surface area contributed by atoms with Crippen molar-refractivity contribution in [2.45, 2.75) is 39.7 Å². The molecule has 2 amide bonds. The summed E-state index contributed by atoms with van der Waals surface area (Å²) in [6, 6.07) is 3.45. The van der Waals surface area contributed by atoms with Gasteiger partial charge in [0.1, 0.15) is 6.04 Å². The standard InChI is InChI=1S/C15H23N3O2/c1-11(2)14(18-12(3)19)15(20)17-9-5-7-13-6-4-8-16-10-13/h4,6,8,10-11,14H,5,7,9H2,1-3H3,(H,17,20)(H,18,19). The zero-order chi connectivity index (χ0) is 15.0. The molecule has 0 spiro atoms. The van der Waals surface area contributed by atoms with Gasteiger partial charge in [-0.1, -0.05) is 19.9 Å². The fraction of sp³-hybridized carbons (Fsp3) is 0.533. The molecule has 0 radical (unpaired) electrons. The molecule has 1 aromatic heterocycles. The van der Waals surface area contributed by atoms with Gasteiger partial charge in [0.2, 0.25) is 11.8 Å². The SMILES string of the molecule is CC(=O)NC(C(=O)NCCCc1cccnc1)C(C)C. The van der Waals surface area contributed by atoms with Crippen molar-refractivity contribution in [1.82, 2.24) is 15.6 Å². The molecule has 0 fully saturated rings. The van der Waals surface area contributed by atoms with Gasteiger partial charge in [0, 0.05) is 25.9 Å². The molecule has 5 heteroatoms. The fourth-order valence-corrected chi connectivity index (χ4v) is 1.91. The number of aromatic nitrogens is 1. The molecule has 1 atom stereocenters. The Morgan fingerprint density at radius 3 is 2.65 bits per heavy atom. The summed E-state index contributed by atoms with van der Waals surface area (Å²) in [6.45, 7) is 5.84. The highest BCUT2D eigenvalue weighted by Gasteiger charge is 2.22. The first-order valence-corrected chi connectivity index (χ1v) is 6.94. The summed E-state index contributed by atoms with van der Waals surface area (Å²) in [6.07, 6.45) is 5.30. The second kappa shape index (κ2) is 8.30. The van der Waals surface area contributed by atoms with Gasteiger partial charge in [-0.05, 0) is 30.4 Å². The molecule has 5 nitrogen and oxygen atoms in total. The lowest BCUT2D eigenvalue weighted by molar-refractivity contribution is -0.129. The largest absolute Gasteiger partial charge is 0.354 e. The van der Waals surface area contributed by atoms with Gasteiger partial charge in [-0.25, -0.2) is 0 Å². The number of rotatable bonds is 7. The molecule has 1 rings (SSSR count). The van der Waals surface area contributed by atoms with Crippen LogP contribution in [0.3, 0.4) is 0 Å². The summed E-state index contributed by atoms with van der Waals surface area (Å²) in [5, 5.41) is 5.54. The van der Waals surface area contributed by atoms with Crippen LogP contribution in [0.2, 0.25) is 0 Å². The molecule has 20 heavy (non-hydrogen) atoms. The number of amides is 2. The zero-order valence-electron chi connectivity index (χ0n) is 12.3. The molecule has 0 aromatic carbocycles. The molecule has 0 saturated heterocycles. The highest BCUT2D eigenvalue weighted by atomic mass is 16.2. The molecule has 1 heterocycles. The van der Waals surface area contributed by atoms with Crippen LogP contribution in [-0.2, 0) is 16.0 Å².